The molecule has 0 bridgehead atoms. The highest BCUT2D eigenvalue weighted by Crippen LogP contribution is 2.37. The van der Waals surface area contributed by atoms with Crippen molar-refractivity contribution in [2.75, 3.05) is 25.1 Å². The minimum Gasteiger partial charge on any atom is -0.381 e. The molecule has 2 aliphatic heterocycles. The van der Waals surface area contributed by atoms with Crippen molar-refractivity contribution in [1.29, 1.82) is 0 Å². The lowest BCUT2D eigenvalue weighted by molar-refractivity contribution is -0.117. The second kappa shape index (κ2) is 12.0. The number of hydrogen-bond donors (Lipinski definition) is 1. The molecule has 0 aliphatic carbocycles. The summed E-state index contributed by atoms with van der Waals surface area (Å²) in [6.45, 7) is 2.53. The Bertz CT molecular complexity index is 1140. The number of para-hydroxylation sites is 1. The van der Waals surface area contributed by atoms with Gasteiger partial charge >= 0.3 is 0 Å². The van der Waals surface area contributed by atoms with Crippen molar-refractivity contribution in [3.63, 3.8) is 0 Å². The minimum absolute atomic E-state index is 0.0101. The highest BCUT2D eigenvalue weighted by atomic mass is 32.2. The Hall–Kier alpha value is -2.67. The van der Waals surface area contributed by atoms with Crippen LogP contribution in [0.15, 0.2) is 83.8 Å². The van der Waals surface area contributed by atoms with Gasteiger partial charge in [0.05, 0.1) is 0 Å². The van der Waals surface area contributed by atoms with Gasteiger partial charge in [-0.1, -0.05) is 48.5 Å². The van der Waals surface area contributed by atoms with Crippen molar-refractivity contribution in [3.8, 4) is 0 Å². The van der Waals surface area contributed by atoms with Gasteiger partial charge in [-0.2, -0.15) is 0 Å². The standard InChI is InChI=1S/C30H33FN2O2S/c31-25-13-10-22(11-14-25)28(23-16-18-35-19-17-23)20-30(34)32-29-9-5-4-6-24(29)12-15-26-21-33(26)36-27-7-2-1-3-8-27/h1-11,13-14,23,26,28H,12,15-21H2,(H,32,34)/t26-,28?,33?/m0/s1. The summed E-state index contributed by atoms with van der Waals surface area (Å²) in [5, 5.41) is 3.19. The van der Waals surface area contributed by atoms with E-state index in [0.717, 1.165) is 43.5 Å². The average molecular weight is 505 g/mol. The topological polar surface area (TPSA) is 41.3 Å². The maximum Gasteiger partial charge on any atom is 0.225 e. The molecule has 2 fully saturated rings. The predicted octanol–water partition coefficient (Wildman–Crippen LogP) is 6.69. The average Bonchev–Trinajstić information content (AvgIpc) is 3.66. The zero-order chi connectivity index (χ0) is 24.7. The van der Waals surface area contributed by atoms with Gasteiger partial charge in [-0.25, -0.2) is 8.70 Å². The van der Waals surface area contributed by atoms with E-state index in [1.807, 2.05) is 48.3 Å². The van der Waals surface area contributed by atoms with Crippen molar-refractivity contribution in [2.45, 2.75) is 49.0 Å². The number of anilines is 1. The zero-order valence-corrected chi connectivity index (χ0v) is 21.3. The molecule has 2 aliphatic rings. The summed E-state index contributed by atoms with van der Waals surface area (Å²) in [6, 6.07) is 25.8. The van der Waals surface area contributed by atoms with Crippen LogP contribution in [-0.4, -0.2) is 36.0 Å². The molecule has 3 aromatic rings. The molecule has 4 nitrogen and oxygen atoms in total. The van der Waals surface area contributed by atoms with Crippen LogP contribution in [-0.2, 0) is 16.0 Å². The van der Waals surface area contributed by atoms with Gasteiger partial charge in [0.2, 0.25) is 5.91 Å². The molecule has 3 atom stereocenters. The Morgan fingerprint density at radius 3 is 2.50 bits per heavy atom. The number of benzene rings is 3. The van der Waals surface area contributed by atoms with Crippen molar-refractivity contribution in [1.82, 2.24) is 4.31 Å². The Kier molecular flexibility index (Phi) is 8.36. The Morgan fingerprint density at radius 2 is 1.72 bits per heavy atom. The summed E-state index contributed by atoms with van der Waals surface area (Å²) in [5.74, 6) is 0.167. The molecule has 1 amide bonds. The Balaban J connectivity index is 1.19. The largest absolute Gasteiger partial charge is 0.381 e. The van der Waals surface area contributed by atoms with Gasteiger partial charge < -0.3 is 10.1 Å². The van der Waals surface area contributed by atoms with Gasteiger partial charge in [-0.3, -0.25) is 4.79 Å². The van der Waals surface area contributed by atoms with Crippen LogP contribution in [0, 0.1) is 11.7 Å². The zero-order valence-electron chi connectivity index (χ0n) is 20.4. The van der Waals surface area contributed by atoms with Gasteiger partial charge in [0.25, 0.3) is 0 Å². The third-order valence-corrected chi connectivity index (χ3v) is 8.37. The number of carbonyl (C=O) groups excluding carboxylic acids is 1. The van der Waals surface area contributed by atoms with Crippen molar-refractivity contribution in [2.24, 2.45) is 5.92 Å². The lowest BCUT2D eigenvalue weighted by Gasteiger charge is -2.30. The van der Waals surface area contributed by atoms with Gasteiger partial charge in [0, 0.05) is 42.8 Å². The fourth-order valence-electron chi connectivity index (χ4n) is 5.09. The fraction of sp³-hybridized carbons (Fsp3) is 0.367. The predicted molar refractivity (Wildman–Crippen MR) is 143 cm³/mol. The monoisotopic (exact) mass is 504 g/mol. The van der Waals surface area contributed by atoms with E-state index in [-0.39, 0.29) is 17.6 Å². The maximum atomic E-state index is 13.6. The van der Waals surface area contributed by atoms with E-state index in [2.05, 4.69) is 40.0 Å². The number of nitrogens with one attached hydrogen (secondary N) is 1. The lowest BCUT2D eigenvalue weighted by Crippen LogP contribution is -2.26. The van der Waals surface area contributed by atoms with Gasteiger partial charge in [-0.05, 0) is 90.9 Å². The molecule has 2 heterocycles. The van der Waals surface area contributed by atoms with Crippen LogP contribution in [0.3, 0.4) is 0 Å². The molecule has 0 saturated carbocycles. The van der Waals surface area contributed by atoms with Gasteiger partial charge in [0.1, 0.15) is 5.82 Å². The number of halogens is 1. The molecule has 3 aromatic carbocycles. The minimum atomic E-state index is -0.251. The number of nitrogens with zero attached hydrogens (tertiary/aromatic N) is 1. The molecular formula is C30H33FN2O2S. The van der Waals surface area contributed by atoms with Gasteiger partial charge in [0.15, 0.2) is 0 Å². The highest BCUT2D eigenvalue weighted by molar-refractivity contribution is 7.97. The number of aryl methyl sites for hydroxylation is 1. The third-order valence-electron chi connectivity index (χ3n) is 7.21. The highest BCUT2D eigenvalue weighted by Gasteiger charge is 2.34. The summed E-state index contributed by atoms with van der Waals surface area (Å²) < 4.78 is 21.5. The van der Waals surface area contributed by atoms with E-state index in [9.17, 15) is 9.18 Å². The molecule has 188 valence electrons. The maximum absolute atomic E-state index is 13.6. The third kappa shape index (κ3) is 6.75. The van der Waals surface area contributed by atoms with Crippen molar-refractivity contribution >= 4 is 23.5 Å². The molecule has 6 heteroatoms. The van der Waals surface area contributed by atoms with Crippen LogP contribution in [0.1, 0.15) is 42.7 Å². The molecule has 2 saturated heterocycles. The first-order chi connectivity index (χ1) is 17.7. The number of hydrogen-bond acceptors (Lipinski definition) is 4. The molecule has 1 N–H and O–H groups in total. The van der Waals surface area contributed by atoms with E-state index < -0.39 is 0 Å². The van der Waals surface area contributed by atoms with Crippen molar-refractivity contribution < 1.29 is 13.9 Å². The quantitative estimate of drug-likeness (QED) is 0.247. The summed E-state index contributed by atoms with van der Waals surface area (Å²) in [4.78, 5) is 14.5. The SMILES string of the molecule is O=C(CC(c1ccc(F)cc1)C1CCOCC1)Nc1ccccc1CC[C@H]1CN1Sc1ccccc1. The lowest BCUT2D eigenvalue weighted by atomic mass is 9.79. The number of ether oxygens (including phenoxy) is 1. The van der Waals surface area contributed by atoms with E-state index in [1.54, 1.807) is 0 Å². The summed E-state index contributed by atoms with van der Waals surface area (Å²) in [5.41, 5.74) is 3.10. The normalized spacial score (nSPS) is 20.6. The second-order valence-corrected chi connectivity index (χ2v) is 10.8. The molecule has 0 spiro atoms. The van der Waals surface area contributed by atoms with E-state index >= 15 is 0 Å². The molecule has 0 radical (unpaired) electrons. The van der Waals surface area contributed by atoms with Crippen LogP contribution in [0.2, 0.25) is 0 Å². The van der Waals surface area contributed by atoms with E-state index in [0.29, 0.717) is 31.6 Å². The van der Waals surface area contributed by atoms with Crippen LogP contribution < -0.4 is 5.32 Å². The smallest absolute Gasteiger partial charge is 0.225 e. The Labute approximate surface area is 217 Å². The number of carbonyl (C=O) groups is 1. The molecule has 2 unspecified atom stereocenters. The van der Waals surface area contributed by atoms with E-state index in [4.69, 9.17) is 4.74 Å². The summed E-state index contributed by atoms with van der Waals surface area (Å²) in [7, 11) is 0. The molecule has 36 heavy (non-hydrogen) atoms. The van der Waals surface area contributed by atoms with Gasteiger partial charge in [-0.15, -0.1) is 0 Å². The Morgan fingerprint density at radius 1 is 1.00 bits per heavy atom. The van der Waals surface area contributed by atoms with Crippen LogP contribution >= 0.6 is 11.9 Å². The second-order valence-electron chi connectivity index (χ2n) is 9.71. The summed E-state index contributed by atoms with van der Waals surface area (Å²) >= 11 is 1.82. The van der Waals surface area contributed by atoms with Crippen LogP contribution in [0.4, 0.5) is 10.1 Å². The first kappa shape index (κ1) is 25.0. The number of rotatable bonds is 10. The van der Waals surface area contributed by atoms with Crippen LogP contribution in [0.25, 0.3) is 0 Å². The fourth-order valence-corrected chi connectivity index (χ4v) is 6.14. The van der Waals surface area contributed by atoms with Crippen LogP contribution in [0.5, 0.6) is 0 Å². The molecule has 5 rings (SSSR count). The first-order valence-corrected chi connectivity index (χ1v) is 13.6. The van der Waals surface area contributed by atoms with E-state index in [1.165, 1.54) is 22.6 Å². The molecular weight excluding hydrogens is 471 g/mol. The number of amides is 1. The summed E-state index contributed by atoms with van der Waals surface area (Å²) in [6.07, 6.45) is 4.21. The molecule has 0 aromatic heterocycles. The van der Waals surface area contributed by atoms with Crippen molar-refractivity contribution in [3.05, 3.63) is 95.8 Å². The first-order valence-electron chi connectivity index (χ1n) is 12.9.